The van der Waals surface area contributed by atoms with Gasteiger partial charge < -0.3 is 5.73 Å². The van der Waals surface area contributed by atoms with Crippen molar-refractivity contribution < 1.29 is 4.79 Å². The van der Waals surface area contributed by atoms with Gasteiger partial charge in [0.05, 0.1) is 10.2 Å². The summed E-state index contributed by atoms with van der Waals surface area (Å²) in [6.07, 6.45) is 0. The predicted molar refractivity (Wildman–Crippen MR) is 87.9 cm³/mol. The number of aromatic nitrogens is 1. The zero-order chi connectivity index (χ0) is 15.0. The third-order valence-corrected chi connectivity index (χ3v) is 4.27. The van der Waals surface area contributed by atoms with Crippen molar-refractivity contribution in [3.05, 3.63) is 53.1 Å². The molecule has 3 rings (SSSR count). The predicted octanol–water partition coefficient (Wildman–Crippen LogP) is 3.75. The van der Waals surface area contributed by atoms with Gasteiger partial charge in [-0.15, -0.1) is 0 Å². The topological polar surface area (TPSA) is 68.0 Å². The minimum atomic E-state index is -0.127. The number of thiazole rings is 1. The molecule has 5 heteroatoms. The van der Waals surface area contributed by atoms with Gasteiger partial charge in [-0.3, -0.25) is 10.1 Å². The van der Waals surface area contributed by atoms with Crippen molar-refractivity contribution in [1.29, 1.82) is 0 Å². The summed E-state index contributed by atoms with van der Waals surface area (Å²) in [5.74, 6) is -0.127. The number of amides is 1. The van der Waals surface area contributed by atoms with E-state index in [1.54, 1.807) is 6.07 Å². The van der Waals surface area contributed by atoms with Crippen molar-refractivity contribution in [2.24, 2.45) is 0 Å². The Bertz CT molecular complexity index is 818. The Morgan fingerprint density at radius 1 is 1.19 bits per heavy atom. The summed E-state index contributed by atoms with van der Waals surface area (Å²) < 4.78 is 0.965. The van der Waals surface area contributed by atoms with Crippen LogP contribution < -0.4 is 11.1 Å². The number of hydrogen-bond donors (Lipinski definition) is 2. The number of carbonyl (C=O) groups excluding carboxylic acids is 1. The minimum absolute atomic E-state index is 0.127. The average Bonchev–Trinajstić information content (AvgIpc) is 2.79. The van der Waals surface area contributed by atoms with Crippen LogP contribution in [0, 0.1) is 13.8 Å². The molecule has 2 aromatic carbocycles. The Balaban J connectivity index is 1.93. The fourth-order valence-electron chi connectivity index (χ4n) is 2.33. The molecule has 0 saturated carbocycles. The Morgan fingerprint density at radius 3 is 2.62 bits per heavy atom. The lowest BCUT2D eigenvalue weighted by molar-refractivity contribution is 0.102. The quantitative estimate of drug-likeness (QED) is 0.708. The van der Waals surface area contributed by atoms with Crippen molar-refractivity contribution in [3.8, 4) is 0 Å². The van der Waals surface area contributed by atoms with Gasteiger partial charge in [-0.1, -0.05) is 29.5 Å². The monoisotopic (exact) mass is 297 g/mol. The van der Waals surface area contributed by atoms with Gasteiger partial charge in [0.1, 0.15) is 0 Å². The molecule has 0 aliphatic heterocycles. The standard InChI is InChI=1S/C16H15N3OS/c1-9-4-3-5-10(2)14(9)15(20)19-16-18-12-7-6-11(17)8-13(12)21-16/h3-8H,17H2,1-2H3,(H,18,19,20). The van der Waals surface area contributed by atoms with Crippen LogP contribution in [-0.2, 0) is 0 Å². The van der Waals surface area contributed by atoms with Crippen LogP contribution in [-0.4, -0.2) is 10.9 Å². The lowest BCUT2D eigenvalue weighted by atomic mass is 10.0. The van der Waals surface area contributed by atoms with Gasteiger partial charge in [0.2, 0.25) is 0 Å². The lowest BCUT2D eigenvalue weighted by Crippen LogP contribution is -2.14. The molecule has 3 N–H and O–H groups in total. The van der Waals surface area contributed by atoms with E-state index in [2.05, 4.69) is 10.3 Å². The number of nitrogens with two attached hydrogens (primary N) is 1. The summed E-state index contributed by atoms with van der Waals surface area (Å²) in [4.78, 5) is 16.8. The molecule has 106 valence electrons. The normalized spacial score (nSPS) is 10.8. The first kappa shape index (κ1) is 13.6. The molecule has 0 fully saturated rings. The number of fused-ring (bicyclic) bond motifs is 1. The fraction of sp³-hybridized carbons (Fsp3) is 0.125. The van der Waals surface area contributed by atoms with E-state index in [0.29, 0.717) is 16.4 Å². The van der Waals surface area contributed by atoms with Crippen LogP contribution in [0.5, 0.6) is 0 Å². The molecular weight excluding hydrogens is 282 g/mol. The van der Waals surface area contributed by atoms with E-state index in [-0.39, 0.29) is 5.91 Å². The molecule has 21 heavy (non-hydrogen) atoms. The molecule has 3 aromatic rings. The molecule has 0 unspecified atom stereocenters. The molecule has 1 heterocycles. The maximum Gasteiger partial charge on any atom is 0.257 e. The van der Waals surface area contributed by atoms with Gasteiger partial charge in [0.15, 0.2) is 5.13 Å². The first-order chi connectivity index (χ1) is 10.0. The molecule has 1 aromatic heterocycles. The molecule has 4 nitrogen and oxygen atoms in total. The summed E-state index contributed by atoms with van der Waals surface area (Å²) in [6.45, 7) is 3.86. The van der Waals surface area contributed by atoms with E-state index >= 15 is 0 Å². The first-order valence-electron chi connectivity index (χ1n) is 6.58. The van der Waals surface area contributed by atoms with Crippen LogP contribution in [0.25, 0.3) is 10.2 Å². The van der Waals surface area contributed by atoms with Crippen LogP contribution in [0.3, 0.4) is 0 Å². The number of hydrogen-bond acceptors (Lipinski definition) is 4. The molecule has 1 amide bonds. The maximum atomic E-state index is 12.4. The molecule has 0 saturated heterocycles. The van der Waals surface area contributed by atoms with Gasteiger partial charge in [-0.25, -0.2) is 4.98 Å². The lowest BCUT2D eigenvalue weighted by Gasteiger charge is -2.08. The molecule has 0 aliphatic rings. The van der Waals surface area contributed by atoms with Crippen LogP contribution in [0.1, 0.15) is 21.5 Å². The molecule has 0 aliphatic carbocycles. The third-order valence-electron chi connectivity index (χ3n) is 3.34. The second-order valence-electron chi connectivity index (χ2n) is 4.97. The maximum absolute atomic E-state index is 12.4. The molecule has 0 atom stereocenters. The van der Waals surface area contributed by atoms with Crippen molar-refractivity contribution in [1.82, 2.24) is 4.98 Å². The molecule has 0 spiro atoms. The van der Waals surface area contributed by atoms with Gasteiger partial charge in [-0.05, 0) is 43.2 Å². The van der Waals surface area contributed by atoms with Crippen molar-refractivity contribution in [3.63, 3.8) is 0 Å². The summed E-state index contributed by atoms with van der Waals surface area (Å²) in [6, 6.07) is 11.3. The Kier molecular flexibility index (Phi) is 3.35. The number of carbonyl (C=O) groups is 1. The van der Waals surface area contributed by atoms with Crippen molar-refractivity contribution in [2.45, 2.75) is 13.8 Å². The highest BCUT2D eigenvalue weighted by Gasteiger charge is 2.14. The number of nitrogens with one attached hydrogen (secondary N) is 1. The summed E-state index contributed by atoms with van der Waals surface area (Å²) in [7, 11) is 0. The number of nitrogens with zero attached hydrogens (tertiary/aromatic N) is 1. The van der Waals surface area contributed by atoms with E-state index in [1.165, 1.54) is 11.3 Å². The van der Waals surface area contributed by atoms with E-state index in [1.807, 2.05) is 44.2 Å². The summed E-state index contributed by atoms with van der Waals surface area (Å²) in [5.41, 5.74) is 9.91. The number of nitrogen functional groups attached to an aromatic ring is 1. The summed E-state index contributed by atoms with van der Waals surface area (Å²) in [5, 5.41) is 3.46. The third kappa shape index (κ3) is 2.60. The van der Waals surface area contributed by atoms with Crippen LogP contribution in [0.2, 0.25) is 0 Å². The number of benzene rings is 2. The van der Waals surface area contributed by atoms with Crippen molar-refractivity contribution >= 4 is 38.3 Å². The van der Waals surface area contributed by atoms with Gasteiger partial charge in [-0.2, -0.15) is 0 Å². The fourth-order valence-corrected chi connectivity index (χ4v) is 3.24. The van der Waals surface area contributed by atoms with E-state index in [9.17, 15) is 4.79 Å². The molecular formula is C16H15N3OS. The SMILES string of the molecule is Cc1cccc(C)c1C(=O)Nc1nc2ccc(N)cc2s1. The second kappa shape index (κ2) is 5.18. The van der Waals surface area contributed by atoms with E-state index in [0.717, 1.165) is 21.3 Å². The zero-order valence-electron chi connectivity index (χ0n) is 11.8. The zero-order valence-corrected chi connectivity index (χ0v) is 12.6. The van der Waals surface area contributed by atoms with Crippen LogP contribution in [0.4, 0.5) is 10.8 Å². The molecule has 0 bridgehead atoms. The number of rotatable bonds is 2. The smallest absolute Gasteiger partial charge is 0.257 e. The van der Waals surface area contributed by atoms with Gasteiger partial charge >= 0.3 is 0 Å². The highest BCUT2D eigenvalue weighted by Crippen LogP contribution is 2.28. The highest BCUT2D eigenvalue weighted by molar-refractivity contribution is 7.22. The van der Waals surface area contributed by atoms with E-state index < -0.39 is 0 Å². The van der Waals surface area contributed by atoms with Gasteiger partial charge in [0.25, 0.3) is 5.91 Å². The minimum Gasteiger partial charge on any atom is -0.399 e. The number of anilines is 2. The van der Waals surface area contributed by atoms with Crippen LogP contribution in [0.15, 0.2) is 36.4 Å². The first-order valence-corrected chi connectivity index (χ1v) is 7.40. The Morgan fingerprint density at radius 2 is 1.90 bits per heavy atom. The molecule has 0 radical (unpaired) electrons. The van der Waals surface area contributed by atoms with E-state index in [4.69, 9.17) is 5.73 Å². The average molecular weight is 297 g/mol. The second-order valence-corrected chi connectivity index (χ2v) is 6.00. The van der Waals surface area contributed by atoms with Crippen molar-refractivity contribution in [2.75, 3.05) is 11.1 Å². The van der Waals surface area contributed by atoms with Gasteiger partial charge in [0, 0.05) is 11.3 Å². The number of aryl methyl sites for hydroxylation is 2. The highest BCUT2D eigenvalue weighted by atomic mass is 32.1. The Hall–Kier alpha value is -2.40. The summed E-state index contributed by atoms with van der Waals surface area (Å²) >= 11 is 1.42. The van der Waals surface area contributed by atoms with Crippen LogP contribution >= 0.6 is 11.3 Å². The Labute approximate surface area is 126 Å². The largest absolute Gasteiger partial charge is 0.399 e.